The molecule has 0 aliphatic rings. The van der Waals surface area contributed by atoms with Gasteiger partial charge in [0.15, 0.2) is 10.9 Å². The molecule has 3 rings (SSSR count). The summed E-state index contributed by atoms with van der Waals surface area (Å²) in [6, 6.07) is 4.12. The van der Waals surface area contributed by atoms with E-state index in [2.05, 4.69) is 10.3 Å². The van der Waals surface area contributed by atoms with Crippen LogP contribution in [0.2, 0.25) is 8.67 Å². The number of nitrogens with one attached hydrogen (secondary N) is 1. The van der Waals surface area contributed by atoms with Crippen molar-refractivity contribution in [1.82, 2.24) is 4.98 Å². The first kappa shape index (κ1) is 16.9. The number of thiophene rings is 1. The zero-order valence-electron chi connectivity index (χ0n) is 11.8. The fraction of sp³-hybridized carbons (Fsp3) is 0.0769. The van der Waals surface area contributed by atoms with Crippen LogP contribution in [0.4, 0.5) is 10.8 Å². The second-order valence-electron chi connectivity index (χ2n) is 4.46. The van der Waals surface area contributed by atoms with Gasteiger partial charge in [0.05, 0.1) is 32.7 Å². The number of fused-ring (bicyclic) bond motifs is 1. The number of ether oxygens (including phenoxy) is 1. The predicted octanol–water partition coefficient (Wildman–Crippen LogP) is 4.83. The minimum Gasteiger partial charge on any atom is -0.494 e. The average Bonchev–Trinajstić information content (AvgIpc) is 3.07. The van der Waals surface area contributed by atoms with E-state index in [9.17, 15) is 14.9 Å². The molecule has 2 heterocycles. The molecule has 0 atom stereocenters. The number of anilines is 1. The molecule has 7 nitrogen and oxygen atoms in total. The number of methoxy groups -OCH3 is 1. The van der Waals surface area contributed by atoms with Crippen molar-refractivity contribution >= 4 is 72.8 Å². The highest BCUT2D eigenvalue weighted by Crippen LogP contribution is 2.37. The zero-order chi connectivity index (χ0) is 17.4. The summed E-state index contributed by atoms with van der Waals surface area (Å²) in [6.45, 7) is 0. The second-order valence-corrected chi connectivity index (χ2v) is 7.78. The molecule has 0 bridgehead atoms. The van der Waals surface area contributed by atoms with Gasteiger partial charge in [-0.3, -0.25) is 20.2 Å². The summed E-state index contributed by atoms with van der Waals surface area (Å²) in [5.41, 5.74) is 0.551. The molecule has 11 heteroatoms. The Morgan fingerprint density at radius 3 is 2.67 bits per heavy atom. The van der Waals surface area contributed by atoms with Crippen molar-refractivity contribution in [3.63, 3.8) is 0 Å². The molecular formula is C13H7Cl2N3O4S2. The molecule has 3 aromatic rings. The summed E-state index contributed by atoms with van der Waals surface area (Å²) in [7, 11) is 1.39. The maximum Gasteiger partial charge on any atom is 0.274 e. The first-order valence-electron chi connectivity index (χ1n) is 6.28. The quantitative estimate of drug-likeness (QED) is 0.496. The summed E-state index contributed by atoms with van der Waals surface area (Å²) in [5, 5.41) is 13.8. The van der Waals surface area contributed by atoms with E-state index in [4.69, 9.17) is 27.9 Å². The summed E-state index contributed by atoms with van der Waals surface area (Å²) in [5.74, 6) is -0.205. The number of halogens is 2. The molecule has 0 radical (unpaired) electrons. The number of carbonyl (C=O) groups excluding carboxylic acids is 1. The Bertz CT molecular complexity index is 970. The molecule has 24 heavy (non-hydrogen) atoms. The molecule has 1 aromatic carbocycles. The smallest absolute Gasteiger partial charge is 0.274 e. The van der Waals surface area contributed by atoms with Crippen molar-refractivity contribution in [3.05, 3.63) is 42.5 Å². The van der Waals surface area contributed by atoms with E-state index in [1.165, 1.54) is 25.3 Å². The van der Waals surface area contributed by atoms with Gasteiger partial charge in [0.25, 0.3) is 11.6 Å². The predicted molar refractivity (Wildman–Crippen MR) is 95.1 cm³/mol. The molecule has 0 unspecified atom stereocenters. The average molecular weight is 404 g/mol. The minimum absolute atomic E-state index is 0.117. The van der Waals surface area contributed by atoms with Crippen molar-refractivity contribution in [1.29, 1.82) is 0 Å². The highest BCUT2D eigenvalue weighted by molar-refractivity contribution is 7.22. The normalized spacial score (nSPS) is 10.8. The number of aromatic nitrogens is 1. The van der Waals surface area contributed by atoms with Crippen LogP contribution in [-0.4, -0.2) is 22.9 Å². The van der Waals surface area contributed by atoms with Crippen molar-refractivity contribution in [2.75, 3.05) is 12.4 Å². The van der Waals surface area contributed by atoms with Crippen LogP contribution >= 0.6 is 45.9 Å². The molecule has 124 valence electrons. The lowest BCUT2D eigenvalue weighted by atomic mass is 10.3. The van der Waals surface area contributed by atoms with Gasteiger partial charge < -0.3 is 4.74 Å². The Hall–Kier alpha value is -1.94. The molecule has 2 aromatic heterocycles. The maximum atomic E-state index is 12.2. The van der Waals surface area contributed by atoms with Crippen LogP contribution in [0, 0.1) is 10.1 Å². The van der Waals surface area contributed by atoms with E-state index < -0.39 is 10.8 Å². The first-order chi connectivity index (χ1) is 11.4. The van der Waals surface area contributed by atoms with Crippen molar-refractivity contribution in [3.8, 4) is 5.75 Å². The van der Waals surface area contributed by atoms with Crippen molar-refractivity contribution in [2.45, 2.75) is 0 Å². The number of nitrogens with zero attached hydrogens (tertiary/aromatic N) is 2. The number of nitro benzene ring substituents is 1. The summed E-state index contributed by atoms with van der Waals surface area (Å²) in [4.78, 5) is 26.9. The number of thiazole rings is 1. The molecule has 0 spiro atoms. The Balaban J connectivity index is 1.97. The molecule has 0 aliphatic carbocycles. The van der Waals surface area contributed by atoms with Gasteiger partial charge in [-0.15, -0.1) is 11.3 Å². The standard InChI is InChI=1S/C13H7Cl2N3O4S2/c1-22-7-2-5(18(20)21)3-8-10(7)16-13(23-8)17-12(19)6-4-9(14)24-11(6)15/h2-4H,1H3,(H,16,17,19). The topological polar surface area (TPSA) is 94.4 Å². The lowest BCUT2D eigenvalue weighted by Crippen LogP contribution is -2.10. The highest BCUT2D eigenvalue weighted by atomic mass is 35.5. The fourth-order valence-electron chi connectivity index (χ4n) is 1.96. The van der Waals surface area contributed by atoms with E-state index in [0.29, 0.717) is 14.6 Å². The molecule has 0 fully saturated rings. The Morgan fingerprint density at radius 1 is 1.33 bits per heavy atom. The second kappa shape index (κ2) is 6.52. The fourth-order valence-corrected chi connectivity index (χ4v) is 4.33. The van der Waals surface area contributed by atoms with Crippen LogP contribution in [0.5, 0.6) is 5.75 Å². The third kappa shape index (κ3) is 3.16. The summed E-state index contributed by atoms with van der Waals surface area (Å²) >= 11 is 14.0. The van der Waals surface area contributed by atoms with Gasteiger partial charge in [-0.05, 0) is 6.07 Å². The number of rotatable bonds is 4. The van der Waals surface area contributed by atoms with Crippen LogP contribution in [-0.2, 0) is 0 Å². The first-order valence-corrected chi connectivity index (χ1v) is 8.67. The summed E-state index contributed by atoms with van der Waals surface area (Å²) < 4.78 is 6.32. The van der Waals surface area contributed by atoms with Gasteiger partial charge >= 0.3 is 0 Å². The lowest BCUT2D eigenvalue weighted by Gasteiger charge is -2.00. The van der Waals surface area contributed by atoms with Crippen LogP contribution in [0.3, 0.4) is 0 Å². The molecule has 0 aliphatic heterocycles. The van der Waals surface area contributed by atoms with E-state index in [1.54, 1.807) is 0 Å². The Morgan fingerprint density at radius 2 is 2.08 bits per heavy atom. The monoisotopic (exact) mass is 403 g/mol. The van der Waals surface area contributed by atoms with E-state index >= 15 is 0 Å². The minimum atomic E-state index is -0.521. The molecular weight excluding hydrogens is 397 g/mol. The van der Waals surface area contributed by atoms with Crippen molar-refractivity contribution < 1.29 is 14.5 Å². The number of nitro groups is 1. The van der Waals surface area contributed by atoms with Gasteiger partial charge in [0.1, 0.15) is 9.85 Å². The number of carbonyl (C=O) groups is 1. The summed E-state index contributed by atoms with van der Waals surface area (Å²) in [6.07, 6.45) is 0. The molecule has 1 N–H and O–H groups in total. The van der Waals surface area contributed by atoms with Crippen LogP contribution < -0.4 is 10.1 Å². The maximum absolute atomic E-state index is 12.2. The van der Waals surface area contributed by atoms with E-state index in [-0.39, 0.29) is 26.5 Å². The number of amides is 1. The molecule has 1 amide bonds. The Labute approximate surface area is 152 Å². The largest absolute Gasteiger partial charge is 0.494 e. The highest BCUT2D eigenvalue weighted by Gasteiger charge is 2.19. The number of non-ortho nitro benzene ring substituents is 1. The van der Waals surface area contributed by atoms with Crippen molar-refractivity contribution in [2.24, 2.45) is 0 Å². The third-order valence-electron chi connectivity index (χ3n) is 3.00. The molecule has 0 saturated carbocycles. The van der Waals surface area contributed by atoms with Gasteiger partial charge in [-0.25, -0.2) is 4.98 Å². The van der Waals surface area contributed by atoms with Crippen LogP contribution in [0.1, 0.15) is 10.4 Å². The lowest BCUT2D eigenvalue weighted by molar-refractivity contribution is -0.384. The van der Waals surface area contributed by atoms with Gasteiger partial charge in [-0.2, -0.15) is 0 Å². The number of hydrogen-bond donors (Lipinski definition) is 1. The van der Waals surface area contributed by atoms with Gasteiger partial charge in [0, 0.05) is 6.07 Å². The number of benzene rings is 1. The zero-order valence-corrected chi connectivity index (χ0v) is 15.0. The molecule has 0 saturated heterocycles. The van der Waals surface area contributed by atoms with Crippen LogP contribution in [0.25, 0.3) is 10.2 Å². The van der Waals surface area contributed by atoms with E-state index in [0.717, 1.165) is 22.7 Å². The Kier molecular flexibility index (Phi) is 4.59. The van der Waals surface area contributed by atoms with Gasteiger partial charge in [-0.1, -0.05) is 34.5 Å². The third-order valence-corrected chi connectivity index (χ3v) is 5.40. The van der Waals surface area contributed by atoms with Gasteiger partial charge in [0.2, 0.25) is 0 Å². The number of hydrogen-bond acceptors (Lipinski definition) is 7. The van der Waals surface area contributed by atoms with Crippen LogP contribution in [0.15, 0.2) is 18.2 Å². The van der Waals surface area contributed by atoms with E-state index in [1.807, 2.05) is 0 Å². The SMILES string of the molecule is COc1cc([N+](=O)[O-])cc2sc(NC(=O)c3cc(Cl)sc3Cl)nc12.